The maximum absolute atomic E-state index is 10.2. The summed E-state index contributed by atoms with van der Waals surface area (Å²) in [5, 5.41) is 19.0. The molecule has 0 aliphatic heterocycles. The molecule has 1 rings (SSSR count). The summed E-state index contributed by atoms with van der Waals surface area (Å²) in [5.41, 5.74) is 0.366. The van der Waals surface area contributed by atoms with Gasteiger partial charge in [0, 0.05) is 16.2 Å². The van der Waals surface area contributed by atoms with Crippen molar-refractivity contribution in [3.05, 3.63) is 29.2 Å². The normalized spacial score (nSPS) is 9.27. The van der Waals surface area contributed by atoms with E-state index in [0.717, 1.165) is 0 Å². The van der Waals surface area contributed by atoms with Crippen LogP contribution in [0.4, 0.5) is 5.69 Å². The van der Waals surface area contributed by atoms with Crippen LogP contribution in [-0.4, -0.2) is 17.2 Å². The fraction of sp³-hybridized carbons (Fsp3) is 0. The monoisotopic (exact) mass is 152 g/mol. The lowest BCUT2D eigenvalue weighted by Gasteiger charge is -1.94. The lowest BCUT2D eigenvalue weighted by molar-refractivity contribution is -0.378. The highest BCUT2D eigenvalue weighted by molar-refractivity contribution is 6.60. The molecule has 0 aliphatic rings. The van der Waals surface area contributed by atoms with Crippen LogP contribution < -0.4 is 10.6 Å². The molecule has 0 spiro atoms. The molecule has 1 aromatic carbocycles. The summed E-state index contributed by atoms with van der Waals surface area (Å²) >= 11 is 0. The Balaban J connectivity index is 3.12. The van der Waals surface area contributed by atoms with Crippen LogP contribution in [0.15, 0.2) is 24.3 Å². The molecular weight excluding hydrogens is 145 g/mol. The minimum absolute atomic E-state index is 0.183. The molecule has 56 valence electrons. The quantitative estimate of drug-likeness (QED) is 0.423. The maximum Gasteiger partial charge on any atom is 0.495 e. The Kier molecular flexibility index (Phi) is 2.35. The van der Waals surface area contributed by atoms with Crippen LogP contribution in [-0.2, 0) is 0 Å². The van der Waals surface area contributed by atoms with E-state index in [1.54, 1.807) is 17.3 Å². The Morgan fingerprint density at radius 2 is 1.91 bits per heavy atom. The summed E-state index contributed by atoms with van der Waals surface area (Å²) in [5.74, 6) is 0. The van der Waals surface area contributed by atoms with Gasteiger partial charge < -0.3 is 10.0 Å². The zero-order valence-corrected chi connectivity index (χ0v) is 5.69. The van der Waals surface area contributed by atoms with Crippen LogP contribution in [0.3, 0.4) is 0 Å². The van der Waals surface area contributed by atoms with Gasteiger partial charge in [0.1, 0.15) is 0 Å². The molecule has 3 N–H and O–H groups in total. The van der Waals surface area contributed by atoms with E-state index in [0.29, 0.717) is 0 Å². The molecule has 0 saturated carbocycles. The van der Waals surface area contributed by atoms with Gasteiger partial charge in [-0.05, 0) is 0 Å². The number of nitrogens with one attached hydrogen (secondary N) is 1. The van der Waals surface area contributed by atoms with Gasteiger partial charge in [-0.3, -0.25) is 0 Å². The average Bonchev–Trinajstić information content (AvgIpc) is 2.04. The molecular formula is C6H7BNO3+. The van der Waals surface area contributed by atoms with E-state index in [1.165, 1.54) is 12.1 Å². The minimum Gasteiger partial charge on any atom is -0.423 e. The van der Waals surface area contributed by atoms with Crippen molar-refractivity contribution in [2.75, 3.05) is 0 Å². The van der Waals surface area contributed by atoms with E-state index in [-0.39, 0.29) is 11.2 Å². The maximum atomic E-state index is 10.2. The zero-order chi connectivity index (χ0) is 8.27. The Bertz CT molecular complexity index is 264. The topological polar surface area (TPSA) is 71.5 Å². The summed E-state index contributed by atoms with van der Waals surface area (Å²) in [7, 11) is -1.60. The van der Waals surface area contributed by atoms with E-state index in [2.05, 4.69) is 0 Å². The minimum atomic E-state index is -1.60. The SMILES string of the molecule is O=[NH+]c1ccccc1B(O)O. The fourth-order valence-electron chi connectivity index (χ4n) is 0.815. The first-order valence-corrected chi connectivity index (χ1v) is 3.09. The van der Waals surface area contributed by atoms with Crippen molar-refractivity contribution in [3.63, 3.8) is 0 Å². The molecule has 1 aromatic rings. The highest BCUT2D eigenvalue weighted by atomic mass is 16.4. The number of para-hydroxylation sites is 1. The standard InChI is InChI=1S/C6H6BNO3/c9-7(10)5-3-1-2-4-6(5)8-11/h1-4,9-10H/p+1. The average molecular weight is 152 g/mol. The zero-order valence-electron chi connectivity index (χ0n) is 5.69. The fourth-order valence-corrected chi connectivity index (χ4v) is 0.815. The molecule has 0 saturated heterocycles. The molecule has 0 fully saturated rings. The van der Waals surface area contributed by atoms with E-state index < -0.39 is 7.12 Å². The van der Waals surface area contributed by atoms with Crippen molar-refractivity contribution in [2.45, 2.75) is 0 Å². The molecule has 11 heavy (non-hydrogen) atoms. The second-order valence-electron chi connectivity index (χ2n) is 2.06. The van der Waals surface area contributed by atoms with Crippen LogP contribution >= 0.6 is 0 Å². The van der Waals surface area contributed by atoms with Crippen LogP contribution in [0.25, 0.3) is 0 Å². The van der Waals surface area contributed by atoms with Gasteiger partial charge in [-0.2, -0.15) is 0 Å². The molecule has 0 atom stereocenters. The lowest BCUT2D eigenvalue weighted by atomic mass is 9.79. The van der Waals surface area contributed by atoms with Crippen molar-refractivity contribution in [2.24, 2.45) is 0 Å². The van der Waals surface area contributed by atoms with E-state index >= 15 is 0 Å². The smallest absolute Gasteiger partial charge is 0.423 e. The first-order valence-electron chi connectivity index (χ1n) is 3.09. The largest absolute Gasteiger partial charge is 0.495 e. The summed E-state index contributed by atoms with van der Waals surface area (Å²) < 4.78 is 0. The third-order valence-corrected chi connectivity index (χ3v) is 1.35. The van der Waals surface area contributed by atoms with Gasteiger partial charge in [-0.15, -0.1) is 0 Å². The summed E-state index contributed by atoms with van der Waals surface area (Å²) in [6.07, 6.45) is 0. The van der Waals surface area contributed by atoms with Crippen LogP contribution in [0.2, 0.25) is 0 Å². The Labute approximate surface area is 63.6 Å². The number of hydrogen-bond acceptors (Lipinski definition) is 3. The van der Waals surface area contributed by atoms with Gasteiger partial charge in [0.25, 0.3) is 5.69 Å². The first kappa shape index (κ1) is 7.91. The highest BCUT2D eigenvalue weighted by Crippen LogP contribution is 1.94. The van der Waals surface area contributed by atoms with Crippen molar-refractivity contribution in [3.8, 4) is 0 Å². The van der Waals surface area contributed by atoms with E-state index in [9.17, 15) is 4.91 Å². The van der Waals surface area contributed by atoms with E-state index in [1.807, 2.05) is 0 Å². The van der Waals surface area contributed by atoms with Crippen molar-refractivity contribution < 1.29 is 15.2 Å². The van der Waals surface area contributed by atoms with Crippen molar-refractivity contribution in [1.29, 1.82) is 0 Å². The summed E-state index contributed by atoms with van der Waals surface area (Å²) in [4.78, 5) is 10.2. The highest BCUT2D eigenvalue weighted by Gasteiger charge is 2.19. The number of benzene rings is 1. The second kappa shape index (κ2) is 3.27. The van der Waals surface area contributed by atoms with Gasteiger partial charge in [0.05, 0.1) is 5.46 Å². The Morgan fingerprint density at radius 3 is 2.36 bits per heavy atom. The predicted molar refractivity (Wildman–Crippen MR) is 40.3 cm³/mol. The molecule has 0 amide bonds. The molecule has 0 bridgehead atoms. The molecule has 4 nitrogen and oxygen atoms in total. The Morgan fingerprint density at radius 1 is 1.27 bits per heavy atom. The van der Waals surface area contributed by atoms with Crippen LogP contribution in [0, 0.1) is 4.91 Å². The molecule has 0 aliphatic carbocycles. The van der Waals surface area contributed by atoms with E-state index in [4.69, 9.17) is 10.0 Å². The summed E-state index contributed by atoms with van der Waals surface area (Å²) in [6, 6.07) is 6.19. The third-order valence-electron chi connectivity index (χ3n) is 1.35. The van der Waals surface area contributed by atoms with Gasteiger partial charge in [-0.25, -0.2) is 0 Å². The van der Waals surface area contributed by atoms with Crippen LogP contribution in [0.5, 0.6) is 0 Å². The van der Waals surface area contributed by atoms with Gasteiger partial charge in [-0.1, -0.05) is 18.2 Å². The van der Waals surface area contributed by atoms with Crippen molar-refractivity contribution in [1.82, 2.24) is 0 Å². The molecule has 0 radical (unpaired) electrons. The number of nitroso groups, excluding NO2 is 1. The predicted octanol–water partition coefficient (Wildman–Crippen LogP) is -2.16. The van der Waals surface area contributed by atoms with Gasteiger partial charge >= 0.3 is 7.12 Å². The first-order chi connectivity index (χ1) is 5.25. The third kappa shape index (κ3) is 1.63. The molecule has 5 heteroatoms. The molecule has 0 aromatic heterocycles. The number of hydrogen-bond donors (Lipinski definition) is 3. The molecule has 0 unspecified atom stereocenters. The Hall–Kier alpha value is -1.20. The lowest BCUT2D eigenvalue weighted by Crippen LogP contribution is -2.60. The second-order valence-corrected chi connectivity index (χ2v) is 2.06. The molecule has 0 heterocycles. The summed E-state index contributed by atoms with van der Waals surface area (Å²) in [6.45, 7) is 0. The van der Waals surface area contributed by atoms with Crippen LogP contribution in [0.1, 0.15) is 0 Å². The number of rotatable bonds is 2. The van der Waals surface area contributed by atoms with Gasteiger partial charge in [0.2, 0.25) is 0 Å². The van der Waals surface area contributed by atoms with Crippen molar-refractivity contribution >= 4 is 18.3 Å². The van der Waals surface area contributed by atoms with Gasteiger partial charge in [0.15, 0.2) is 0 Å².